The molecule has 0 atom stereocenters. The minimum Gasteiger partial charge on any atom is -0.262 e. The van der Waals surface area contributed by atoms with Crippen LogP contribution in [0.3, 0.4) is 0 Å². The third-order valence-electron chi connectivity index (χ3n) is 0. The molecule has 0 spiro atoms. The first kappa shape index (κ1) is 11.2. The molecule has 0 aromatic rings. The summed E-state index contributed by atoms with van der Waals surface area (Å²) in [6.07, 6.45) is 0. The SMILES string of the molecule is CC(=O)F.O=S(=O)(F)F. The highest BCUT2D eigenvalue weighted by molar-refractivity contribution is 7.81. The molecule has 0 radical (unpaired) electrons. The second kappa shape index (κ2) is 4.30. The molecule has 0 N–H and O–H groups in total. The van der Waals surface area contributed by atoms with Gasteiger partial charge in [0.15, 0.2) is 0 Å². The summed E-state index contributed by atoms with van der Waals surface area (Å²) in [4.78, 5) is 8.78. The minimum absolute atomic E-state index is 0.861. The van der Waals surface area contributed by atoms with Crippen LogP contribution in [0.5, 0.6) is 0 Å². The van der Waals surface area contributed by atoms with Crippen molar-refractivity contribution in [2.24, 2.45) is 0 Å². The Morgan fingerprint density at radius 3 is 1.33 bits per heavy atom. The molecule has 0 fully saturated rings. The Kier molecular flexibility index (Phi) is 5.38. The summed E-state index contributed by atoms with van der Waals surface area (Å²) in [6.45, 7) is 0.861. The number of halogens is 3. The Hall–Kier alpha value is -0.590. The molecule has 0 heterocycles. The van der Waals surface area contributed by atoms with Crippen LogP contribution in [0.15, 0.2) is 0 Å². The number of hydrogen-bond acceptors (Lipinski definition) is 3. The van der Waals surface area contributed by atoms with Crippen molar-refractivity contribution < 1.29 is 25.4 Å². The average molecular weight is 164 g/mol. The van der Waals surface area contributed by atoms with Crippen LogP contribution in [-0.4, -0.2) is 14.5 Å². The van der Waals surface area contributed by atoms with E-state index in [-0.39, 0.29) is 0 Å². The quantitative estimate of drug-likeness (QED) is 0.494. The van der Waals surface area contributed by atoms with Crippen LogP contribution in [0, 0.1) is 0 Å². The van der Waals surface area contributed by atoms with Crippen LogP contribution in [0.4, 0.5) is 12.2 Å². The second-order valence-electron chi connectivity index (χ2n) is 0.849. The highest BCUT2D eigenvalue weighted by Gasteiger charge is 1.94. The molecule has 0 aliphatic heterocycles. The zero-order chi connectivity index (χ0) is 8.08. The van der Waals surface area contributed by atoms with Gasteiger partial charge in [0.05, 0.1) is 0 Å². The Morgan fingerprint density at radius 2 is 1.33 bits per heavy atom. The van der Waals surface area contributed by atoms with Crippen molar-refractivity contribution in [3.63, 3.8) is 0 Å². The lowest BCUT2D eigenvalue weighted by Crippen LogP contribution is -1.69. The van der Waals surface area contributed by atoms with Crippen molar-refractivity contribution in [3.8, 4) is 0 Å². The summed E-state index contributed by atoms with van der Waals surface area (Å²) in [5.74, 6) is 0. The Labute approximate surface area is 50.0 Å². The number of rotatable bonds is 0. The van der Waals surface area contributed by atoms with Gasteiger partial charge in [0.25, 0.3) is 6.04 Å². The van der Waals surface area contributed by atoms with Crippen molar-refractivity contribution in [2.75, 3.05) is 0 Å². The molecule has 0 aliphatic carbocycles. The first-order chi connectivity index (χ1) is 3.73. The average Bonchev–Trinajstić information content (AvgIpc) is 1.19. The third kappa shape index (κ3) is 623. The van der Waals surface area contributed by atoms with E-state index in [0.717, 1.165) is 6.92 Å². The van der Waals surface area contributed by atoms with Gasteiger partial charge in [-0.05, 0) is 0 Å². The molecule has 9 heavy (non-hydrogen) atoms. The first-order valence-electron chi connectivity index (χ1n) is 1.54. The van der Waals surface area contributed by atoms with Crippen molar-refractivity contribution in [1.82, 2.24) is 0 Å². The van der Waals surface area contributed by atoms with Gasteiger partial charge in [0.1, 0.15) is 0 Å². The lowest BCUT2D eigenvalue weighted by atomic mass is 10.9. The summed E-state index contributed by atoms with van der Waals surface area (Å²) >= 11 is 0. The summed E-state index contributed by atoms with van der Waals surface area (Å²) in [7, 11) is -5.67. The third-order valence-corrected chi connectivity index (χ3v) is 0. The van der Waals surface area contributed by atoms with Crippen LogP contribution in [-0.2, 0) is 15.4 Å². The fourth-order valence-electron chi connectivity index (χ4n) is 0. The van der Waals surface area contributed by atoms with Crippen LogP contribution >= 0.6 is 0 Å². The predicted molar refractivity (Wildman–Crippen MR) is 22.9 cm³/mol. The zero-order valence-corrected chi connectivity index (χ0v) is 5.08. The van der Waals surface area contributed by atoms with Crippen LogP contribution in [0.1, 0.15) is 6.92 Å². The lowest BCUT2D eigenvalue weighted by Gasteiger charge is -1.57. The molecule has 0 aromatic heterocycles. The predicted octanol–water partition coefficient (Wildman–Crippen LogP) is 0.673. The topological polar surface area (TPSA) is 51.2 Å². The van der Waals surface area contributed by atoms with Gasteiger partial charge in [-0.15, -0.1) is 0 Å². The van der Waals surface area contributed by atoms with E-state index in [1.54, 1.807) is 0 Å². The van der Waals surface area contributed by atoms with Gasteiger partial charge in [-0.2, -0.15) is 12.8 Å². The van der Waals surface area contributed by atoms with Crippen molar-refractivity contribution >= 4 is 16.6 Å². The number of carbonyl (C=O) groups excluding carboxylic acids is 1. The maximum absolute atomic E-state index is 10.4. The van der Waals surface area contributed by atoms with E-state index in [0.29, 0.717) is 0 Å². The molecule has 0 saturated heterocycles. The monoisotopic (exact) mass is 164 g/mol. The van der Waals surface area contributed by atoms with Gasteiger partial charge in [0, 0.05) is 6.92 Å². The van der Waals surface area contributed by atoms with Gasteiger partial charge in [-0.3, -0.25) is 4.79 Å². The Balaban J connectivity index is 0. The molecule has 0 rings (SSSR count). The van der Waals surface area contributed by atoms with Crippen molar-refractivity contribution in [1.29, 1.82) is 0 Å². The molecule has 0 aromatic carbocycles. The standard InChI is InChI=1S/C2H3FO.F2O2S/c1-2(3)4;1-5(2,3)4/h1H3;. The van der Waals surface area contributed by atoms with Gasteiger partial charge in [-0.1, -0.05) is 7.77 Å². The maximum atomic E-state index is 10.4. The van der Waals surface area contributed by atoms with E-state index in [2.05, 4.69) is 0 Å². The zero-order valence-electron chi connectivity index (χ0n) is 4.27. The van der Waals surface area contributed by atoms with E-state index in [4.69, 9.17) is 13.2 Å². The Morgan fingerprint density at radius 1 is 1.33 bits per heavy atom. The van der Waals surface area contributed by atoms with Gasteiger partial charge >= 0.3 is 10.6 Å². The molecular formula is C2H3F3O3S. The van der Waals surface area contributed by atoms with E-state index in [1.165, 1.54) is 0 Å². The number of carbonyl (C=O) groups is 1. The fraction of sp³-hybridized carbons (Fsp3) is 0.500. The Bertz CT molecular complexity index is 159. The summed E-state index contributed by atoms with van der Waals surface area (Å²) in [5, 5.41) is 0. The van der Waals surface area contributed by atoms with E-state index >= 15 is 0 Å². The van der Waals surface area contributed by atoms with E-state index < -0.39 is 16.6 Å². The smallest absolute Gasteiger partial charge is 0.262 e. The van der Waals surface area contributed by atoms with Gasteiger partial charge in [-0.25, -0.2) is 0 Å². The van der Waals surface area contributed by atoms with Crippen LogP contribution < -0.4 is 0 Å². The minimum atomic E-state index is -5.67. The van der Waals surface area contributed by atoms with Crippen LogP contribution in [0.25, 0.3) is 0 Å². The summed E-state index contributed by atoms with van der Waals surface area (Å²) in [5.41, 5.74) is 0. The molecule has 56 valence electrons. The van der Waals surface area contributed by atoms with Crippen LogP contribution in [0.2, 0.25) is 0 Å². The number of hydrogen-bond donors (Lipinski definition) is 0. The molecule has 7 heteroatoms. The molecule has 0 amide bonds. The largest absolute Gasteiger partial charge is 0.476 e. The van der Waals surface area contributed by atoms with Gasteiger partial charge < -0.3 is 0 Å². The molecule has 0 bridgehead atoms. The summed E-state index contributed by atoms with van der Waals surface area (Å²) < 4.78 is 46.9. The van der Waals surface area contributed by atoms with E-state index in [9.17, 15) is 12.2 Å². The molecular weight excluding hydrogens is 161 g/mol. The molecule has 3 nitrogen and oxygen atoms in total. The molecule has 0 unspecified atom stereocenters. The highest BCUT2D eigenvalue weighted by atomic mass is 32.3. The van der Waals surface area contributed by atoms with E-state index in [1.807, 2.05) is 0 Å². The second-order valence-corrected chi connectivity index (χ2v) is 1.61. The molecule has 0 aliphatic rings. The lowest BCUT2D eigenvalue weighted by molar-refractivity contribution is -0.126. The fourth-order valence-corrected chi connectivity index (χ4v) is 0. The van der Waals surface area contributed by atoms with Crippen molar-refractivity contribution in [3.05, 3.63) is 0 Å². The highest BCUT2D eigenvalue weighted by Crippen LogP contribution is 1.85. The first-order valence-corrected chi connectivity index (χ1v) is 2.82. The molecule has 0 saturated carbocycles. The van der Waals surface area contributed by atoms with Crippen molar-refractivity contribution in [2.45, 2.75) is 6.92 Å². The normalized spacial score (nSPS) is 9.33. The maximum Gasteiger partial charge on any atom is 0.476 e. The summed E-state index contributed by atoms with van der Waals surface area (Å²) in [6, 6.07) is -1.33. The van der Waals surface area contributed by atoms with Gasteiger partial charge in [0.2, 0.25) is 0 Å².